The molecule has 3 rings (SSSR count). The molecule has 2 aromatic rings. The van der Waals surface area contributed by atoms with Crippen molar-refractivity contribution >= 4 is 23.2 Å². The van der Waals surface area contributed by atoms with Gasteiger partial charge in [-0.1, -0.05) is 23.7 Å². The Labute approximate surface area is 133 Å². The number of para-hydroxylation sites is 1. The number of anilines is 1. The van der Waals surface area contributed by atoms with E-state index in [1.54, 1.807) is 30.3 Å². The standard InChI is InChI=1S/C15H17ClN4O2/c1-22-11-6-15(17,7-11)14(21)19-10-8-18-20(9-10)13-5-3-2-4-12(13)16/h2-5,8-9,11H,6-7,17H2,1H3,(H,19,21). The van der Waals surface area contributed by atoms with Gasteiger partial charge in [0.25, 0.3) is 0 Å². The van der Waals surface area contributed by atoms with Gasteiger partial charge in [-0.3, -0.25) is 4.79 Å². The summed E-state index contributed by atoms with van der Waals surface area (Å²) in [5.41, 5.74) is 6.52. The molecule has 22 heavy (non-hydrogen) atoms. The number of halogens is 1. The van der Waals surface area contributed by atoms with Crippen molar-refractivity contribution in [2.45, 2.75) is 24.5 Å². The molecule has 0 bridgehead atoms. The third-order valence-corrected chi connectivity index (χ3v) is 4.23. The average Bonchev–Trinajstić information content (AvgIpc) is 2.92. The van der Waals surface area contributed by atoms with Gasteiger partial charge in [0.1, 0.15) is 5.54 Å². The molecule has 1 heterocycles. The van der Waals surface area contributed by atoms with Crippen LogP contribution >= 0.6 is 11.6 Å². The molecule has 1 fully saturated rings. The minimum absolute atomic E-state index is 0.0570. The van der Waals surface area contributed by atoms with Crippen LogP contribution in [-0.2, 0) is 9.53 Å². The number of hydrogen-bond donors (Lipinski definition) is 2. The van der Waals surface area contributed by atoms with E-state index in [0.29, 0.717) is 23.6 Å². The van der Waals surface area contributed by atoms with Crippen molar-refractivity contribution in [1.82, 2.24) is 9.78 Å². The summed E-state index contributed by atoms with van der Waals surface area (Å²) >= 11 is 6.13. The van der Waals surface area contributed by atoms with E-state index < -0.39 is 5.54 Å². The second-order valence-electron chi connectivity index (χ2n) is 5.50. The maximum Gasteiger partial charge on any atom is 0.244 e. The molecule has 0 spiro atoms. The predicted octanol–water partition coefficient (Wildman–Crippen LogP) is 1.97. The second kappa shape index (κ2) is 5.72. The summed E-state index contributed by atoms with van der Waals surface area (Å²) in [6, 6.07) is 7.35. The fraction of sp³-hybridized carbons (Fsp3) is 0.333. The zero-order valence-corrected chi connectivity index (χ0v) is 12.9. The molecule has 3 N–H and O–H groups in total. The van der Waals surface area contributed by atoms with Gasteiger partial charge in [-0.25, -0.2) is 4.68 Å². The normalized spacial score (nSPS) is 23.9. The summed E-state index contributed by atoms with van der Waals surface area (Å²) in [5, 5.41) is 7.59. The Morgan fingerprint density at radius 1 is 1.50 bits per heavy atom. The van der Waals surface area contributed by atoms with Crippen LogP contribution in [0.3, 0.4) is 0 Å². The predicted molar refractivity (Wildman–Crippen MR) is 84.2 cm³/mol. The maximum absolute atomic E-state index is 12.2. The van der Waals surface area contributed by atoms with Crippen LogP contribution in [0, 0.1) is 0 Å². The monoisotopic (exact) mass is 320 g/mol. The SMILES string of the molecule is COC1CC(N)(C(=O)Nc2cnn(-c3ccccc3Cl)c2)C1. The Kier molecular flexibility index (Phi) is 3.90. The van der Waals surface area contributed by atoms with E-state index >= 15 is 0 Å². The third kappa shape index (κ3) is 2.72. The number of aromatic nitrogens is 2. The van der Waals surface area contributed by atoms with Gasteiger partial charge in [0.05, 0.1) is 34.9 Å². The Balaban J connectivity index is 1.70. The first kappa shape index (κ1) is 15.0. The molecule has 1 amide bonds. The number of ether oxygens (including phenoxy) is 1. The van der Waals surface area contributed by atoms with Crippen LogP contribution in [-0.4, -0.2) is 34.4 Å². The molecule has 0 atom stereocenters. The molecule has 1 aliphatic rings. The van der Waals surface area contributed by atoms with Crippen molar-refractivity contribution in [3.8, 4) is 5.69 Å². The van der Waals surface area contributed by atoms with Crippen molar-refractivity contribution in [3.05, 3.63) is 41.7 Å². The van der Waals surface area contributed by atoms with Gasteiger partial charge >= 0.3 is 0 Å². The Hall–Kier alpha value is -1.89. The first-order chi connectivity index (χ1) is 10.5. The van der Waals surface area contributed by atoms with E-state index in [9.17, 15) is 4.79 Å². The van der Waals surface area contributed by atoms with E-state index in [1.165, 1.54) is 0 Å². The number of nitrogens with zero attached hydrogens (tertiary/aromatic N) is 2. The maximum atomic E-state index is 12.2. The number of benzene rings is 1. The molecule has 1 aromatic carbocycles. The molecule has 6 nitrogen and oxygen atoms in total. The van der Waals surface area contributed by atoms with Gasteiger partial charge < -0.3 is 15.8 Å². The zero-order chi connectivity index (χ0) is 15.7. The lowest BCUT2D eigenvalue weighted by atomic mass is 9.74. The number of amides is 1. The fourth-order valence-corrected chi connectivity index (χ4v) is 2.74. The summed E-state index contributed by atoms with van der Waals surface area (Å²) in [6.07, 6.45) is 4.37. The molecule has 0 radical (unpaired) electrons. The summed E-state index contributed by atoms with van der Waals surface area (Å²) in [5.74, 6) is -0.223. The van der Waals surface area contributed by atoms with Crippen LogP contribution in [0.1, 0.15) is 12.8 Å². The largest absolute Gasteiger partial charge is 0.381 e. The number of methoxy groups -OCH3 is 1. The van der Waals surface area contributed by atoms with Gasteiger partial charge in [-0.05, 0) is 12.1 Å². The van der Waals surface area contributed by atoms with Crippen molar-refractivity contribution in [3.63, 3.8) is 0 Å². The molecular formula is C15H17ClN4O2. The van der Waals surface area contributed by atoms with E-state index in [2.05, 4.69) is 10.4 Å². The van der Waals surface area contributed by atoms with Gasteiger partial charge in [0.2, 0.25) is 5.91 Å². The molecular weight excluding hydrogens is 304 g/mol. The number of nitrogens with two attached hydrogens (primary N) is 1. The Morgan fingerprint density at radius 3 is 2.91 bits per heavy atom. The highest BCUT2D eigenvalue weighted by molar-refractivity contribution is 6.32. The number of hydrogen-bond acceptors (Lipinski definition) is 4. The summed E-state index contributed by atoms with van der Waals surface area (Å²) in [4.78, 5) is 12.2. The smallest absolute Gasteiger partial charge is 0.244 e. The number of nitrogens with one attached hydrogen (secondary N) is 1. The van der Waals surface area contributed by atoms with Crippen LogP contribution in [0.15, 0.2) is 36.7 Å². The zero-order valence-electron chi connectivity index (χ0n) is 12.1. The van der Waals surface area contributed by atoms with Gasteiger partial charge in [-0.2, -0.15) is 5.10 Å². The lowest BCUT2D eigenvalue weighted by Gasteiger charge is -2.42. The lowest BCUT2D eigenvalue weighted by Crippen LogP contribution is -2.62. The Bertz CT molecular complexity index is 694. The van der Waals surface area contributed by atoms with E-state index in [0.717, 1.165) is 5.69 Å². The fourth-order valence-electron chi connectivity index (χ4n) is 2.52. The number of carbonyl (C=O) groups excluding carboxylic acids is 1. The minimum atomic E-state index is -0.868. The molecule has 1 saturated carbocycles. The quantitative estimate of drug-likeness (QED) is 0.902. The third-order valence-electron chi connectivity index (χ3n) is 3.91. The number of carbonyl (C=O) groups is 1. The van der Waals surface area contributed by atoms with Crippen LogP contribution in [0.2, 0.25) is 5.02 Å². The molecule has 0 aliphatic heterocycles. The number of rotatable bonds is 4. The molecule has 0 unspecified atom stereocenters. The molecule has 1 aromatic heterocycles. The van der Waals surface area contributed by atoms with Crippen LogP contribution in [0.25, 0.3) is 5.69 Å². The van der Waals surface area contributed by atoms with E-state index in [1.807, 2.05) is 18.2 Å². The molecule has 7 heteroatoms. The van der Waals surface area contributed by atoms with Crippen LogP contribution in [0.4, 0.5) is 5.69 Å². The topological polar surface area (TPSA) is 82.2 Å². The highest BCUT2D eigenvalue weighted by atomic mass is 35.5. The summed E-state index contributed by atoms with van der Waals surface area (Å²) in [6.45, 7) is 0. The van der Waals surface area contributed by atoms with Gasteiger partial charge in [0, 0.05) is 20.0 Å². The molecule has 1 aliphatic carbocycles. The molecule has 116 valence electrons. The van der Waals surface area contributed by atoms with Gasteiger partial charge in [-0.15, -0.1) is 0 Å². The van der Waals surface area contributed by atoms with Crippen molar-refractivity contribution in [2.75, 3.05) is 12.4 Å². The first-order valence-electron chi connectivity index (χ1n) is 6.94. The summed E-state index contributed by atoms with van der Waals surface area (Å²) in [7, 11) is 1.62. The van der Waals surface area contributed by atoms with Crippen molar-refractivity contribution in [2.24, 2.45) is 5.73 Å². The second-order valence-corrected chi connectivity index (χ2v) is 5.91. The minimum Gasteiger partial charge on any atom is -0.381 e. The summed E-state index contributed by atoms with van der Waals surface area (Å²) < 4.78 is 6.78. The van der Waals surface area contributed by atoms with E-state index in [-0.39, 0.29) is 12.0 Å². The van der Waals surface area contributed by atoms with E-state index in [4.69, 9.17) is 22.1 Å². The highest BCUT2D eigenvalue weighted by Gasteiger charge is 2.47. The lowest BCUT2D eigenvalue weighted by molar-refractivity contribution is -0.130. The Morgan fingerprint density at radius 2 is 2.23 bits per heavy atom. The average molecular weight is 321 g/mol. The van der Waals surface area contributed by atoms with Gasteiger partial charge in [0.15, 0.2) is 0 Å². The highest BCUT2D eigenvalue weighted by Crippen LogP contribution is 2.33. The van der Waals surface area contributed by atoms with Crippen LogP contribution in [0.5, 0.6) is 0 Å². The van der Waals surface area contributed by atoms with Crippen molar-refractivity contribution < 1.29 is 9.53 Å². The van der Waals surface area contributed by atoms with Crippen LogP contribution < -0.4 is 11.1 Å². The van der Waals surface area contributed by atoms with Crippen molar-refractivity contribution in [1.29, 1.82) is 0 Å². The molecule has 0 saturated heterocycles. The first-order valence-corrected chi connectivity index (χ1v) is 7.32.